The van der Waals surface area contributed by atoms with Crippen LogP contribution in [0, 0.1) is 0 Å². The third-order valence-electron chi connectivity index (χ3n) is 3.63. The molecule has 1 aliphatic rings. The number of rotatable bonds is 3. The van der Waals surface area contributed by atoms with E-state index in [4.69, 9.17) is 0 Å². The number of carbonyl (C=O) groups is 1. The molecule has 1 saturated heterocycles. The van der Waals surface area contributed by atoms with Crippen LogP contribution in [0.2, 0.25) is 0 Å². The van der Waals surface area contributed by atoms with Crippen molar-refractivity contribution < 1.29 is 4.79 Å². The number of hydrogen-bond donors (Lipinski definition) is 1. The maximum atomic E-state index is 12.5. The van der Waals surface area contributed by atoms with Crippen LogP contribution in [0.25, 0.3) is 0 Å². The highest BCUT2D eigenvalue weighted by atomic mass is 35.5. The minimum absolute atomic E-state index is 0. The monoisotopic (exact) mass is 373 g/mol. The first-order chi connectivity index (χ1) is 10.2. The van der Waals surface area contributed by atoms with Crippen LogP contribution in [0.4, 0.5) is 0 Å². The van der Waals surface area contributed by atoms with E-state index in [2.05, 4.69) is 29.4 Å². The minimum atomic E-state index is 0. The molecule has 1 atom stereocenters. The average Bonchev–Trinajstić information content (AvgIpc) is 2.96. The molecule has 1 unspecified atom stereocenters. The van der Waals surface area contributed by atoms with Crippen LogP contribution in [-0.2, 0) is 6.42 Å². The molecule has 1 aromatic carbocycles. The van der Waals surface area contributed by atoms with Gasteiger partial charge in [-0.2, -0.15) is 0 Å². The zero-order valence-electron chi connectivity index (χ0n) is 12.9. The molecule has 0 spiro atoms. The molecule has 2 heterocycles. The summed E-state index contributed by atoms with van der Waals surface area (Å²) in [7, 11) is 0. The molecule has 1 amide bonds. The highest BCUT2D eigenvalue weighted by molar-refractivity contribution is 7.09. The molecule has 4 nitrogen and oxygen atoms in total. The fraction of sp³-hybridized carbons (Fsp3) is 0.375. The molecule has 0 aliphatic carbocycles. The Balaban J connectivity index is 0.00000132. The van der Waals surface area contributed by atoms with Gasteiger partial charge in [-0.05, 0) is 12.5 Å². The number of carbonyl (C=O) groups excluding carboxylic acids is 1. The predicted molar refractivity (Wildman–Crippen MR) is 99.2 cm³/mol. The van der Waals surface area contributed by atoms with Gasteiger partial charge in [0.05, 0.1) is 5.01 Å². The van der Waals surface area contributed by atoms with Crippen LogP contribution in [0.1, 0.15) is 28.0 Å². The Kier molecular flexibility index (Phi) is 7.99. The van der Waals surface area contributed by atoms with Crippen LogP contribution in [0.15, 0.2) is 35.7 Å². The van der Waals surface area contributed by atoms with Gasteiger partial charge in [-0.1, -0.05) is 30.3 Å². The smallest absolute Gasteiger partial charge is 0.273 e. The minimum Gasteiger partial charge on any atom is -0.334 e. The Hall–Kier alpha value is -1.14. The summed E-state index contributed by atoms with van der Waals surface area (Å²) in [4.78, 5) is 18.9. The van der Waals surface area contributed by atoms with E-state index in [1.807, 2.05) is 28.5 Å². The lowest BCUT2D eigenvalue weighted by atomic mass is 10.2. The van der Waals surface area contributed by atoms with Crippen LogP contribution in [0.5, 0.6) is 0 Å². The van der Waals surface area contributed by atoms with Crippen LogP contribution in [-0.4, -0.2) is 41.5 Å². The normalized spacial score (nSPS) is 17.1. The second-order valence-corrected chi connectivity index (χ2v) is 6.34. The largest absolute Gasteiger partial charge is 0.334 e. The molecule has 1 fully saturated rings. The van der Waals surface area contributed by atoms with Gasteiger partial charge in [-0.25, -0.2) is 4.98 Å². The van der Waals surface area contributed by atoms with Crippen molar-refractivity contribution in [2.24, 2.45) is 0 Å². The van der Waals surface area contributed by atoms with Crippen molar-refractivity contribution in [1.29, 1.82) is 0 Å². The number of aromatic nitrogens is 1. The number of thiazole rings is 1. The maximum Gasteiger partial charge on any atom is 0.273 e. The van der Waals surface area contributed by atoms with Gasteiger partial charge in [0.25, 0.3) is 5.91 Å². The van der Waals surface area contributed by atoms with Crippen molar-refractivity contribution in [3.05, 3.63) is 52.0 Å². The maximum absolute atomic E-state index is 12.5. The van der Waals surface area contributed by atoms with Crippen molar-refractivity contribution in [2.45, 2.75) is 19.4 Å². The molecule has 7 heteroatoms. The Morgan fingerprint density at radius 1 is 1.35 bits per heavy atom. The second-order valence-electron chi connectivity index (χ2n) is 5.40. The first-order valence-electron chi connectivity index (χ1n) is 7.23. The first kappa shape index (κ1) is 19.9. The van der Waals surface area contributed by atoms with Gasteiger partial charge in [0, 0.05) is 37.5 Å². The predicted octanol–water partition coefficient (Wildman–Crippen LogP) is 3.01. The molecule has 1 aliphatic heterocycles. The van der Waals surface area contributed by atoms with E-state index >= 15 is 0 Å². The molecule has 23 heavy (non-hydrogen) atoms. The first-order valence-corrected chi connectivity index (χ1v) is 8.11. The van der Waals surface area contributed by atoms with Crippen LogP contribution >= 0.6 is 36.2 Å². The summed E-state index contributed by atoms with van der Waals surface area (Å²) in [5, 5.41) is 6.22. The van der Waals surface area contributed by atoms with Gasteiger partial charge in [0.2, 0.25) is 0 Å². The van der Waals surface area contributed by atoms with E-state index < -0.39 is 0 Å². The Bertz CT molecular complexity index is 621. The van der Waals surface area contributed by atoms with E-state index in [0.717, 1.165) is 31.1 Å². The Labute approximate surface area is 153 Å². The zero-order chi connectivity index (χ0) is 14.7. The van der Waals surface area contributed by atoms with E-state index in [1.165, 1.54) is 5.56 Å². The van der Waals surface area contributed by atoms with Gasteiger partial charge in [-0.3, -0.25) is 4.79 Å². The second kappa shape index (κ2) is 9.23. The van der Waals surface area contributed by atoms with Crippen LogP contribution in [0.3, 0.4) is 0 Å². The standard InChI is InChI=1S/C16H19N3OS.2ClH/c1-12-10-19(8-7-17-12)16(20)14-11-21-15(18-14)9-13-5-3-2-4-6-13;;/h2-6,11-12,17H,7-10H2,1H3;2*1H. The van der Waals surface area contributed by atoms with Gasteiger partial charge >= 0.3 is 0 Å². The van der Waals surface area contributed by atoms with E-state index in [1.54, 1.807) is 11.3 Å². The molecule has 1 aromatic heterocycles. The van der Waals surface area contributed by atoms with E-state index in [9.17, 15) is 4.79 Å². The highest BCUT2D eigenvalue weighted by Gasteiger charge is 2.23. The molecule has 2 aromatic rings. The molecule has 3 rings (SSSR count). The third-order valence-corrected chi connectivity index (χ3v) is 4.47. The van der Waals surface area contributed by atoms with Crippen molar-refractivity contribution in [1.82, 2.24) is 15.2 Å². The van der Waals surface area contributed by atoms with Crippen molar-refractivity contribution >= 4 is 42.1 Å². The lowest BCUT2D eigenvalue weighted by Crippen LogP contribution is -2.51. The number of nitrogens with zero attached hydrogens (tertiary/aromatic N) is 2. The van der Waals surface area contributed by atoms with Gasteiger partial charge in [0.15, 0.2) is 0 Å². The number of amides is 1. The molecule has 0 bridgehead atoms. The Morgan fingerprint density at radius 3 is 2.78 bits per heavy atom. The summed E-state index contributed by atoms with van der Waals surface area (Å²) in [5.41, 5.74) is 1.81. The molecule has 126 valence electrons. The van der Waals surface area contributed by atoms with E-state index in [-0.39, 0.29) is 30.7 Å². The fourth-order valence-corrected chi connectivity index (χ4v) is 3.34. The number of piperazine rings is 1. The molecule has 0 saturated carbocycles. The van der Waals surface area contributed by atoms with Gasteiger partial charge in [-0.15, -0.1) is 36.2 Å². The summed E-state index contributed by atoms with van der Waals surface area (Å²) < 4.78 is 0. The Morgan fingerprint density at radius 2 is 2.09 bits per heavy atom. The van der Waals surface area contributed by atoms with Crippen LogP contribution < -0.4 is 5.32 Å². The quantitative estimate of drug-likeness (QED) is 0.899. The molecular weight excluding hydrogens is 353 g/mol. The van der Waals surface area contributed by atoms with E-state index in [0.29, 0.717) is 11.7 Å². The SMILES string of the molecule is CC1CN(C(=O)c2csc(Cc3ccccc3)n2)CCN1.Cl.Cl. The summed E-state index contributed by atoms with van der Waals surface area (Å²) in [6.45, 7) is 4.47. The number of nitrogens with one attached hydrogen (secondary N) is 1. The molecule has 0 radical (unpaired) electrons. The lowest BCUT2D eigenvalue weighted by Gasteiger charge is -2.31. The zero-order valence-corrected chi connectivity index (χ0v) is 15.3. The summed E-state index contributed by atoms with van der Waals surface area (Å²) in [6.07, 6.45) is 0.788. The average molecular weight is 374 g/mol. The van der Waals surface area contributed by atoms with Gasteiger partial charge < -0.3 is 10.2 Å². The lowest BCUT2D eigenvalue weighted by molar-refractivity contribution is 0.0704. The van der Waals surface area contributed by atoms with Crippen molar-refractivity contribution in [3.8, 4) is 0 Å². The fourth-order valence-electron chi connectivity index (χ4n) is 2.54. The number of hydrogen-bond acceptors (Lipinski definition) is 4. The summed E-state index contributed by atoms with van der Waals surface area (Å²) in [5.74, 6) is 0.0545. The number of benzene rings is 1. The summed E-state index contributed by atoms with van der Waals surface area (Å²) in [6, 6.07) is 10.6. The third kappa shape index (κ3) is 5.18. The topological polar surface area (TPSA) is 45.2 Å². The van der Waals surface area contributed by atoms with Crippen molar-refractivity contribution in [2.75, 3.05) is 19.6 Å². The van der Waals surface area contributed by atoms with Crippen molar-refractivity contribution in [3.63, 3.8) is 0 Å². The van der Waals surface area contributed by atoms with Gasteiger partial charge in [0.1, 0.15) is 5.69 Å². The molecule has 1 N–H and O–H groups in total. The number of halogens is 2. The molecular formula is C16H21Cl2N3OS. The summed E-state index contributed by atoms with van der Waals surface area (Å²) >= 11 is 1.56. The highest BCUT2D eigenvalue weighted by Crippen LogP contribution is 2.16.